The smallest absolute Gasteiger partial charge is 0.231 e. The molecule has 0 spiro atoms. The normalized spacial score (nSPS) is 12.8. The first-order valence-electron chi connectivity index (χ1n) is 7.10. The average molecular weight is 285 g/mol. The fraction of sp³-hybridized carbons (Fsp3) is 0.375. The summed E-state index contributed by atoms with van der Waals surface area (Å²) >= 11 is 0. The number of fused-ring (bicyclic) bond motifs is 1. The van der Waals surface area contributed by atoms with E-state index in [1.54, 1.807) is 0 Å². The minimum absolute atomic E-state index is 0.288. The highest BCUT2D eigenvalue weighted by molar-refractivity contribution is 5.49. The van der Waals surface area contributed by atoms with Gasteiger partial charge in [0.2, 0.25) is 6.79 Å². The summed E-state index contributed by atoms with van der Waals surface area (Å²) in [6.07, 6.45) is 0. The monoisotopic (exact) mass is 285 g/mol. The van der Waals surface area contributed by atoms with Crippen LogP contribution in [0.1, 0.15) is 36.8 Å². The molecule has 0 amide bonds. The van der Waals surface area contributed by atoms with Gasteiger partial charge in [-0.25, -0.2) is 9.97 Å². The molecule has 0 radical (unpaired) electrons. The first-order valence-corrected chi connectivity index (χ1v) is 7.10. The molecule has 110 valence electrons. The topological polar surface area (TPSA) is 56.3 Å². The van der Waals surface area contributed by atoms with Crippen molar-refractivity contribution in [3.63, 3.8) is 0 Å². The van der Waals surface area contributed by atoms with Gasteiger partial charge in [-0.05, 0) is 13.0 Å². The Labute approximate surface area is 124 Å². The van der Waals surface area contributed by atoms with E-state index in [2.05, 4.69) is 29.1 Å². The SMILES string of the molecule is Cc1cc(NCc2cccc3c2OCO3)nc(C(C)C)n1. The standard InChI is InChI=1S/C16H19N3O2/c1-10(2)16-18-11(3)7-14(19-16)17-8-12-5-4-6-13-15(12)21-9-20-13/h4-7,10H,8-9H2,1-3H3,(H,17,18,19). The van der Waals surface area contributed by atoms with Crippen molar-refractivity contribution >= 4 is 5.82 Å². The number of aromatic nitrogens is 2. The zero-order valence-electron chi connectivity index (χ0n) is 12.5. The van der Waals surface area contributed by atoms with E-state index in [1.807, 2.05) is 31.2 Å². The van der Waals surface area contributed by atoms with Crippen molar-refractivity contribution < 1.29 is 9.47 Å². The number of ether oxygens (including phenoxy) is 2. The van der Waals surface area contributed by atoms with Gasteiger partial charge in [0.05, 0.1) is 0 Å². The quantitative estimate of drug-likeness (QED) is 0.934. The van der Waals surface area contributed by atoms with Crippen LogP contribution in [0.4, 0.5) is 5.82 Å². The van der Waals surface area contributed by atoms with E-state index < -0.39 is 0 Å². The highest BCUT2D eigenvalue weighted by Gasteiger charge is 2.17. The van der Waals surface area contributed by atoms with Crippen molar-refractivity contribution in [3.05, 3.63) is 41.3 Å². The van der Waals surface area contributed by atoms with Gasteiger partial charge in [0.25, 0.3) is 0 Å². The Hall–Kier alpha value is -2.30. The van der Waals surface area contributed by atoms with E-state index in [1.165, 1.54) is 0 Å². The predicted octanol–water partition coefficient (Wildman–Crippen LogP) is 3.25. The minimum Gasteiger partial charge on any atom is -0.454 e. The molecule has 1 aromatic heterocycles. The third-order valence-electron chi connectivity index (χ3n) is 3.33. The molecule has 1 N–H and O–H groups in total. The second kappa shape index (κ2) is 5.60. The molecule has 2 heterocycles. The zero-order chi connectivity index (χ0) is 14.8. The maximum atomic E-state index is 5.51. The molecule has 0 saturated heterocycles. The van der Waals surface area contributed by atoms with Gasteiger partial charge < -0.3 is 14.8 Å². The molecule has 1 aliphatic rings. The molecule has 0 unspecified atom stereocenters. The predicted molar refractivity (Wildman–Crippen MR) is 80.7 cm³/mol. The molecular weight excluding hydrogens is 266 g/mol. The highest BCUT2D eigenvalue weighted by atomic mass is 16.7. The van der Waals surface area contributed by atoms with E-state index in [0.717, 1.165) is 34.4 Å². The van der Waals surface area contributed by atoms with E-state index in [-0.39, 0.29) is 6.79 Å². The van der Waals surface area contributed by atoms with E-state index in [0.29, 0.717) is 12.5 Å². The van der Waals surface area contributed by atoms with Crippen LogP contribution in [-0.4, -0.2) is 16.8 Å². The fourth-order valence-corrected chi connectivity index (χ4v) is 2.26. The van der Waals surface area contributed by atoms with Gasteiger partial charge in [-0.2, -0.15) is 0 Å². The third-order valence-corrected chi connectivity index (χ3v) is 3.33. The number of aryl methyl sites for hydroxylation is 1. The molecule has 0 fully saturated rings. The largest absolute Gasteiger partial charge is 0.454 e. The third kappa shape index (κ3) is 2.91. The summed E-state index contributed by atoms with van der Waals surface area (Å²) in [5, 5.41) is 3.34. The lowest BCUT2D eigenvalue weighted by molar-refractivity contribution is 0.173. The number of benzene rings is 1. The summed E-state index contributed by atoms with van der Waals surface area (Å²) < 4.78 is 10.9. The Kier molecular flexibility index (Phi) is 3.64. The number of hydrogen-bond donors (Lipinski definition) is 1. The molecule has 1 aromatic carbocycles. The Morgan fingerprint density at radius 2 is 2.10 bits per heavy atom. The van der Waals surface area contributed by atoms with Crippen LogP contribution in [0.25, 0.3) is 0 Å². The second-order valence-corrected chi connectivity index (χ2v) is 5.41. The molecule has 3 rings (SSSR count). The lowest BCUT2D eigenvalue weighted by atomic mass is 10.2. The van der Waals surface area contributed by atoms with Gasteiger partial charge in [-0.15, -0.1) is 0 Å². The number of nitrogens with one attached hydrogen (secondary N) is 1. The number of nitrogens with zero attached hydrogens (tertiary/aromatic N) is 2. The first kappa shape index (κ1) is 13.7. The zero-order valence-corrected chi connectivity index (χ0v) is 12.5. The van der Waals surface area contributed by atoms with E-state index >= 15 is 0 Å². The lowest BCUT2D eigenvalue weighted by Gasteiger charge is -2.11. The van der Waals surface area contributed by atoms with Gasteiger partial charge in [0, 0.05) is 29.8 Å². The summed E-state index contributed by atoms with van der Waals surface area (Å²) in [5.74, 6) is 3.62. The molecular formula is C16H19N3O2. The van der Waals surface area contributed by atoms with Crippen LogP contribution in [0.15, 0.2) is 24.3 Å². The minimum atomic E-state index is 0.288. The number of rotatable bonds is 4. The number of anilines is 1. The molecule has 1 aliphatic heterocycles. The van der Waals surface area contributed by atoms with Crippen LogP contribution in [0.3, 0.4) is 0 Å². The molecule has 5 nitrogen and oxygen atoms in total. The number of para-hydroxylation sites is 1. The van der Waals surface area contributed by atoms with Crippen molar-refractivity contribution in [2.24, 2.45) is 0 Å². The van der Waals surface area contributed by atoms with Crippen molar-refractivity contribution in [2.45, 2.75) is 33.2 Å². The first-order chi connectivity index (χ1) is 10.1. The van der Waals surface area contributed by atoms with Crippen molar-refractivity contribution in [2.75, 3.05) is 12.1 Å². The van der Waals surface area contributed by atoms with Crippen molar-refractivity contribution in [3.8, 4) is 11.5 Å². The van der Waals surface area contributed by atoms with Crippen LogP contribution in [-0.2, 0) is 6.54 Å². The highest BCUT2D eigenvalue weighted by Crippen LogP contribution is 2.35. The van der Waals surface area contributed by atoms with Gasteiger partial charge in [0.15, 0.2) is 11.5 Å². The van der Waals surface area contributed by atoms with Crippen LogP contribution in [0, 0.1) is 6.92 Å². The maximum Gasteiger partial charge on any atom is 0.231 e. The molecule has 2 aromatic rings. The Balaban J connectivity index is 1.78. The van der Waals surface area contributed by atoms with Gasteiger partial charge >= 0.3 is 0 Å². The van der Waals surface area contributed by atoms with Crippen LogP contribution < -0.4 is 14.8 Å². The van der Waals surface area contributed by atoms with Gasteiger partial charge in [-0.3, -0.25) is 0 Å². The van der Waals surface area contributed by atoms with Crippen molar-refractivity contribution in [1.82, 2.24) is 9.97 Å². The van der Waals surface area contributed by atoms with Crippen molar-refractivity contribution in [1.29, 1.82) is 0 Å². The summed E-state index contributed by atoms with van der Waals surface area (Å²) in [5.41, 5.74) is 2.03. The average Bonchev–Trinajstić information content (AvgIpc) is 2.93. The lowest BCUT2D eigenvalue weighted by Crippen LogP contribution is -2.07. The van der Waals surface area contributed by atoms with E-state index in [4.69, 9.17) is 9.47 Å². The summed E-state index contributed by atoms with van der Waals surface area (Å²) in [6.45, 7) is 7.09. The summed E-state index contributed by atoms with van der Waals surface area (Å²) in [6, 6.07) is 7.86. The maximum absolute atomic E-state index is 5.51. The summed E-state index contributed by atoms with van der Waals surface area (Å²) in [4.78, 5) is 9.00. The Bertz CT molecular complexity index is 656. The van der Waals surface area contributed by atoms with Crippen LogP contribution in [0.5, 0.6) is 11.5 Å². The van der Waals surface area contributed by atoms with Gasteiger partial charge in [0.1, 0.15) is 11.6 Å². The molecule has 5 heteroatoms. The summed E-state index contributed by atoms with van der Waals surface area (Å²) in [7, 11) is 0. The fourth-order valence-electron chi connectivity index (χ4n) is 2.26. The van der Waals surface area contributed by atoms with Crippen LogP contribution >= 0.6 is 0 Å². The molecule has 0 aliphatic carbocycles. The van der Waals surface area contributed by atoms with Gasteiger partial charge in [-0.1, -0.05) is 26.0 Å². The van der Waals surface area contributed by atoms with E-state index in [9.17, 15) is 0 Å². The second-order valence-electron chi connectivity index (χ2n) is 5.41. The Morgan fingerprint density at radius 1 is 1.24 bits per heavy atom. The van der Waals surface area contributed by atoms with Crippen LogP contribution in [0.2, 0.25) is 0 Å². The molecule has 0 saturated carbocycles. The number of hydrogen-bond acceptors (Lipinski definition) is 5. The molecule has 0 atom stereocenters. The Morgan fingerprint density at radius 3 is 2.90 bits per heavy atom. The molecule has 0 bridgehead atoms. The molecule has 21 heavy (non-hydrogen) atoms.